The van der Waals surface area contributed by atoms with Crippen LogP contribution in [0.25, 0.3) is 33.4 Å². The fourth-order valence-electron chi connectivity index (χ4n) is 12.1. The van der Waals surface area contributed by atoms with E-state index < -0.39 is 10.8 Å². The maximum Gasteiger partial charge on any atom is 0.0714 e. The van der Waals surface area contributed by atoms with Gasteiger partial charge in [-0.05, 0) is 136 Å². The maximum atomic E-state index is 2.49. The lowest BCUT2D eigenvalue weighted by molar-refractivity contribution is 0.588. The summed E-state index contributed by atoms with van der Waals surface area (Å²) in [5.41, 5.74) is 22.7. The molecule has 0 amide bonds. The van der Waals surface area contributed by atoms with Gasteiger partial charge in [0.1, 0.15) is 0 Å². The molecule has 0 heterocycles. The van der Waals surface area contributed by atoms with E-state index >= 15 is 0 Å². The summed E-state index contributed by atoms with van der Waals surface area (Å²) < 4.78 is 0. The highest BCUT2D eigenvalue weighted by atomic mass is 15.1. The van der Waals surface area contributed by atoms with E-state index in [1.165, 1.54) is 89.0 Å². The highest BCUT2D eigenvalue weighted by molar-refractivity contribution is 5.93. The van der Waals surface area contributed by atoms with Gasteiger partial charge in [-0.3, -0.25) is 0 Å². The summed E-state index contributed by atoms with van der Waals surface area (Å²) in [6, 6.07) is 93.7. The lowest BCUT2D eigenvalue weighted by Crippen LogP contribution is -2.29. The van der Waals surface area contributed by atoms with Crippen molar-refractivity contribution < 1.29 is 0 Å². The van der Waals surface area contributed by atoms with Gasteiger partial charge >= 0.3 is 0 Å². The number of rotatable bonds is 8. The fourth-order valence-corrected chi connectivity index (χ4v) is 12.1. The van der Waals surface area contributed by atoms with Gasteiger partial charge in [0.25, 0.3) is 0 Å². The molecule has 0 spiro atoms. The molecular weight excluding hydrogens is 855 g/mol. The molecule has 0 radical (unpaired) electrons. The highest BCUT2D eigenvalue weighted by Crippen LogP contribution is 2.60. The van der Waals surface area contributed by atoms with Crippen molar-refractivity contribution in [3.05, 3.63) is 304 Å². The van der Waals surface area contributed by atoms with Crippen molar-refractivity contribution in [2.45, 2.75) is 63.2 Å². The van der Waals surface area contributed by atoms with Gasteiger partial charge in [-0.1, -0.05) is 254 Å². The zero-order chi connectivity index (χ0) is 48.5. The van der Waals surface area contributed by atoms with Crippen molar-refractivity contribution in [1.82, 2.24) is 0 Å². The monoisotopic (exact) mass is 913 g/mol. The van der Waals surface area contributed by atoms with Gasteiger partial charge in [0, 0.05) is 17.1 Å². The van der Waals surface area contributed by atoms with Crippen LogP contribution in [-0.4, -0.2) is 0 Å². The van der Waals surface area contributed by atoms with Crippen LogP contribution >= 0.6 is 0 Å². The number of hydrogen-bond donors (Lipinski definition) is 0. The van der Waals surface area contributed by atoms with Gasteiger partial charge in [0.2, 0.25) is 0 Å². The quantitative estimate of drug-likeness (QED) is 0.147. The summed E-state index contributed by atoms with van der Waals surface area (Å²) in [4.78, 5) is 2.48. The number of hydrogen-bond acceptors (Lipinski definition) is 1. The molecule has 0 N–H and O–H groups in total. The summed E-state index contributed by atoms with van der Waals surface area (Å²) in [6.07, 6.45) is 0. The first-order valence-corrected chi connectivity index (χ1v) is 25.2. The molecule has 12 rings (SSSR count). The third-order valence-electron chi connectivity index (χ3n) is 15.6. The summed E-state index contributed by atoms with van der Waals surface area (Å²) in [5, 5.41) is 0. The Morgan fingerprint density at radius 1 is 0.268 bits per heavy atom. The van der Waals surface area contributed by atoms with E-state index in [2.05, 4.69) is 295 Å². The van der Waals surface area contributed by atoms with Crippen LogP contribution < -0.4 is 4.90 Å². The van der Waals surface area contributed by atoms with Crippen molar-refractivity contribution >= 4 is 17.1 Å². The largest absolute Gasteiger partial charge is 0.310 e. The van der Waals surface area contributed by atoms with Gasteiger partial charge < -0.3 is 4.90 Å². The molecule has 0 saturated heterocycles. The molecule has 0 aliphatic heterocycles. The van der Waals surface area contributed by atoms with E-state index in [1.54, 1.807) is 0 Å². The Bertz CT molecular complexity index is 3460. The molecule has 0 aromatic heterocycles. The summed E-state index contributed by atoms with van der Waals surface area (Å²) in [5.74, 6) is 0. The average Bonchev–Trinajstić information content (AvgIpc) is 3.87. The molecule has 0 fully saturated rings. The van der Waals surface area contributed by atoms with Crippen LogP contribution in [0.3, 0.4) is 0 Å². The van der Waals surface area contributed by atoms with Gasteiger partial charge in [0.15, 0.2) is 0 Å². The fraction of sp³-hybridized carbons (Fsp3) is 0.143. The molecule has 0 bridgehead atoms. The number of nitrogens with zero attached hydrogens (tertiary/aromatic N) is 1. The Morgan fingerprint density at radius 2 is 0.634 bits per heavy atom. The zero-order valence-electron chi connectivity index (χ0n) is 41.6. The molecule has 1 heteroatoms. The van der Waals surface area contributed by atoms with Crippen LogP contribution in [0.15, 0.2) is 249 Å². The molecule has 1 nitrogen and oxygen atoms in total. The Morgan fingerprint density at radius 3 is 1.15 bits per heavy atom. The van der Waals surface area contributed by atoms with E-state index in [1.807, 2.05) is 0 Å². The van der Waals surface area contributed by atoms with Crippen LogP contribution in [0, 0.1) is 0 Å². The number of benzene rings is 10. The van der Waals surface area contributed by atoms with Crippen LogP contribution in [0.2, 0.25) is 0 Å². The predicted molar refractivity (Wildman–Crippen MR) is 299 cm³/mol. The lowest BCUT2D eigenvalue weighted by atomic mass is 9.67. The van der Waals surface area contributed by atoms with E-state index in [4.69, 9.17) is 0 Å². The molecule has 2 aliphatic rings. The molecular formula is C70H59N. The van der Waals surface area contributed by atoms with Crippen LogP contribution in [0.1, 0.15) is 97.2 Å². The van der Waals surface area contributed by atoms with Gasteiger partial charge in [-0.25, -0.2) is 0 Å². The Labute approximate surface area is 420 Å². The minimum Gasteiger partial charge on any atom is -0.310 e. The number of anilines is 3. The Hall–Kier alpha value is -8.00. The number of fused-ring (bicyclic) bond motifs is 6. The SMILES string of the molecule is CC(C)(C)c1ccc(C2(c3ccc(C(C)(C)C)cc3)c3ccccc3-c3cc(N(c4ccc(-c5ccccc5)cc4)c4ccc5c(c4)C(c4ccccc4)(c4ccccc4)c4ccccc4-5)ccc32)cc1. The Kier molecular flexibility index (Phi) is 10.5. The van der Waals surface area contributed by atoms with Crippen molar-refractivity contribution in [2.75, 3.05) is 4.90 Å². The minimum atomic E-state index is -0.538. The van der Waals surface area contributed by atoms with Crippen molar-refractivity contribution in [1.29, 1.82) is 0 Å². The minimum absolute atomic E-state index is 0.0331. The molecule has 0 saturated carbocycles. The normalized spacial score (nSPS) is 14.0. The summed E-state index contributed by atoms with van der Waals surface area (Å²) in [7, 11) is 0. The van der Waals surface area contributed by atoms with Crippen LogP contribution in [0.5, 0.6) is 0 Å². The first-order chi connectivity index (χ1) is 34.5. The van der Waals surface area contributed by atoms with E-state index in [-0.39, 0.29) is 10.8 Å². The average molecular weight is 914 g/mol. The third-order valence-corrected chi connectivity index (χ3v) is 15.6. The molecule has 344 valence electrons. The first-order valence-electron chi connectivity index (χ1n) is 25.2. The summed E-state index contributed by atoms with van der Waals surface area (Å²) in [6.45, 7) is 13.8. The van der Waals surface area contributed by atoms with Crippen LogP contribution in [0.4, 0.5) is 17.1 Å². The zero-order valence-corrected chi connectivity index (χ0v) is 41.6. The molecule has 0 unspecified atom stereocenters. The Balaban J connectivity index is 1.10. The first kappa shape index (κ1) is 44.2. The molecule has 10 aromatic rings. The standard InChI is InChI=1S/C70H59N/c1-67(2,3)50-32-36-54(37-33-50)69(55-38-34-51(35-39-55)68(4,5)6)64-29-19-17-27-60(64)62-46-57(43-45-65(62)69)71(56-40-30-49(31-41-56)48-20-10-7-11-21-48)58-42-44-61-59-26-16-18-28-63(59)70(66(61)47-58,52-22-12-8-13-23-52)53-24-14-9-15-25-53/h7-47H,1-6H3. The smallest absolute Gasteiger partial charge is 0.0714 e. The van der Waals surface area contributed by atoms with Crippen molar-refractivity contribution in [3.8, 4) is 33.4 Å². The second-order valence-corrected chi connectivity index (χ2v) is 21.7. The lowest BCUT2D eigenvalue weighted by Gasteiger charge is -2.35. The maximum absolute atomic E-state index is 2.49. The second kappa shape index (κ2) is 16.9. The van der Waals surface area contributed by atoms with E-state index in [9.17, 15) is 0 Å². The van der Waals surface area contributed by atoms with E-state index in [0.29, 0.717) is 0 Å². The third kappa shape index (κ3) is 7.04. The van der Waals surface area contributed by atoms with Gasteiger partial charge in [0.05, 0.1) is 10.8 Å². The topological polar surface area (TPSA) is 3.24 Å². The molecule has 0 atom stereocenters. The molecule has 10 aromatic carbocycles. The van der Waals surface area contributed by atoms with Crippen molar-refractivity contribution in [3.63, 3.8) is 0 Å². The highest BCUT2D eigenvalue weighted by Gasteiger charge is 2.48. The van der Waals surface area contributed by atoms with Crippen molar-refractivity contribution in [2.24, 2.45) is 0 Å². The second-order valence-electron chi connectivity index (χ2n) is 21.7. The summed E-state index contributed by atoms with van der Waals surface area (Å²) >= 11 is 0. The molecule has 71 heavy (non-hydrogen) atoms. The molecule has 2 aliphatic carbocycles. The van der Waals surface area contributed by atoms with E-state index in [0.717, 1.165) is 17.1 Å². The van der Waals surface area contributed by atoms with Gasteiger partial charge in [-0.15, -0.1) is 0 Å². The van der Waals surface area contributed by atoms with Gasteiger partial charge in [-0.2, -0.15) is 0 Å². The predicted octanol–water partition coefficient (Wildman–Crippen LogP) is 18.1. The van der Waals surface area contributed by atoms with Crippen LogP contribution in [-0.2, 0) is 21.7 Å².